The molecule has 0 bridgehead atoms. The molecule has 2 N–H and O–H groups in total. The minimum atomic E-state index is -0.555. The number of pyridine rings is 1. The summed E-state index contributed by atoms with van der Waals surface area (Å²) in [5.74, 6) is 0.218. The Labute approximate surface area is 91.7 Å². The maximum absolute atomic E-state index is 11.6. The van der Waals surface area contributed by atoms with Gasteiger partial charge in [0.25, 0.3) is 0 Å². The molecular formula is C10H10N4O2. The molecule has 0 saturated heterocycles. The van der Waals surface area contributed by atoms with E-state index in [-0.39, 0.29) is 5.69 Å². The minimum Gasteiger partial charge on any atom is -0.420 e. The van der Waals surface area contributed by atoms with Gasteiger partial charge in [-0.25, -0.2) is 4.79 Å². The van der Waals surface area contributed by atoms with Crippen LogP contribution in [0.3, 0.4) is 0 Å². The van der Waals surface area contributed by atoms with Crippen molar-refractivity contribution in [3.63, 3.8) is 0 Å². The van der Waals surface area contributed by atoms with Crippen molar-refractivity contribution >= 4 is 11.8 Å². The van der Waals surface area contributed by atoms with Gasteiger partial charge in [0.1, 0.15) is 11.6 Å². The first kappa shape index (κ1) is 10.2. The van der Waals surface area contributed by atoms with E-state index in [4.69, 9.17) is 10.5 Å². The van der Waals surface area contributed by atoms with Gasteiger partial charge < -0.3 is 10.5 Å². The van der Waals surface area contributed by atoms with Crippen molar-refractivity contribution in [3.8, 4) is 5.75 Å². The number of anilines is 1. The molecule has 2 rings (SSSR count). The Balaban J connectivity index is 2.15. The lowest BCUT2D eigenvalue weighted by Crippen LogP contribution is -2.09. The van der Waals surface area contributed by atoms with Crippen molar-refractivity contribution in [1.29, 1.82) is 0 Å². The monoisotopic (exact) mass is 218 g/mol. The molecule has 0 amide bonds. The molecule has 0 saturated carbocycles. The maximum atomic E-state index is 11.6. The van der Waals surface area contributed by atoms with Gasteiger partial charge in [0, 0.05) is 19.3 Å². The third-order valence-electron chi connectivity index (χ3n) is 1.97. The fourth-order valence-electron chi connectivity index (χ4n) is 1.15. The van der Waals surface area contributed by atoms with E-state index < -0.39 is 5.97 Å². The Morgan fingerprint density at radius 1 is 1.56 bits per heavy atom. The summed E-state index contributed by atoms with van der Waals surface area (Å²) in [6, 6.07) is 4.77. The highest BCUT2D eigenvalue weighted by Crippen LogP contribution is 2.11. The fraction of sp³-hybridized carbons (Fsp3) is 0.100. The summed E-state index contributed by atoms with van der Waals surface area (Å²) in [5.41, 5.74) is 5.72. The second kappa shape index (κ2) is 4.01. The Morgan fingerprint density at radius 2 is 2.38 bits per heavy atom. The molecule has 82 valence electrons. The van der Waals surface area contributed by atoms with Crippen LogP contribution in [0.5, 0.6) is 5.75 Å². The Bertz CT molecular complexity index is 487. The maximum Gasteiger partial charge on any atom is 0.364 e. The van der Waals surface area contributed by atoms with Gasteiger partial charge in [-0.1, -0.05) is 0 Å². The Kier molecular flexibility index (Phi) is 2.55. The summed E-state index contributed by atoms with van der Waals surface area (Å²) in [4.78, 5) is 15.4. The summed E-state index contributed by atoms with van der Waals surface area (Å²) in [6.45, 7) is 0. The molecule has 0 fully saturated rings. The number of carbonyl (C=O) groups is 1. The number of hydrogen-bond acceptors (Lipinski definition) is 5. The molecule has 0 unspecified atom stereocenters. The summed E-state index contributed by atoms with van der Waals surface area (Å²) in [6.07, 6.45) is 3.04. The van der Waals surface area contributed by atoms with Crippen LogP contribution in [0.4, 0.5) is 5.82 Å². The number of aromatic nitrogens is 3. The van der Waals surface area contributed by atoms with E-state index in [2.05, 4.69) is 10.1 Å². The molecule has 0 aliphatic heterocycles. The SMILES string of the molecule is Cn1nc(C(=O)Oc2cccnc2)cc1N. The number of esters is 1. The standard InChI is InChI=1S/C10H10N4O2/c1-14-9(11)5-8(13-14)10(15)16-7-3-2-4-12-6-7/h2-6H,11H2,1H3. The highest BCUT2D eigenvalue weighted by atomic mass is 16.5. The van der Waals surface area contributed by atoms with Gasteiger partial charge in [0.15, 0.2) is 5.69 Å². The Morgan fingerprint density at radius 3 is 2.94 bits per heavy atom. The van der Waals surface area contributed by atoms with Crippen LogP contribution in [-0.2, 0) is 7.05 Å². The van der Waals surface area contributed by atoms with Gasteiger partial charge in [-0.2, -0.15) is 5.10 Å². The number of nitrogen functional groups attached to an aromatic ring is 1. The van der Waals surface area contributed by atoms with Gasteiger partial charge in [0.2, 0.25) is 0 Å². The number of hydrogen-bond donors (Lipinski definition) is 1. The van der Waals surface area contributed by atoms with Gasteiger partial charge >= 0.3 is 5.97 Å². The zero-order chi connectivity index (χ0) is 11.5. The molecule has 0 aromatic carbocycles. The van der Waals surface area contributed by atoms with Crippen LogP contribution in [0.25, 0.3) is 0 Å². The Hall–Kier alpha value is -2.37. The average Bonchev–Trinajstić information content (AvgIpc) is 2.61. The van der Waals surface area contributed by atoms with Crippen molar-refractivity contribution in [2.24, 2.45) is 7.05 Å². The van der Waals surface area contributed by atoms with E-state index in [9.17, 15) is 4.79 Å². The minimum absolute atomic E-state index is 0.170. The van der Waals surface area contributed by atoms with Crippen molar-refractivity contribution in [1.82, 2.24) is 14.8 Å². The summed E-state index contributed by atoms with van der Waals surface area (Å²) in [7, 11) is 1.65. The number of ether oxygens (including phenoxy) is 1. The molecule has 0 aliphatic carbocycles. The molecule has 6 nitrogen and oxygen atoms in total. The normalized spacial score (nSPS) is 10.1. The van der Waals surface area contributed by atoms with Crippen LogP contribution >= 0.6 is 0 Å². The van der Waals surface area contributed by atoms with Crippen LogP contribution in [0, 0.1) is 0 Å². The molecule has 0 spiro atoms. The number of rotatable bonds is 2. The lowest BCUT2D eigenvalue weighted by Gasteiger charge is -1.99. The first-order chi connectivity index (χ1) is 7.66. The topological polar surface area (TPSA) is 83.0 Å². The first-order valence-electron chi connectivity index (χ1n) is 4.58. The molecule has 0 atom stereocenters. The summed E-state index contributed by atoms with van der Waals surface area (Å²) >= 11 is 0. The van der Waals surface area contributed by atoms with E-state index in [1.54, 1.807) is 25.4 Å². The van der Waals surface area contributed by atoms with Crippen LogP contribution in [0.15, 0.2) is 30.6 Å². The number of aryl methyl sites for hydroxylation is 1. The van der Waals surface area contributed by atoms with E-state index >= 15 is 0 Å². The zero-order valence-corrected chi connectivity index (χ0v) is 8.62. The molecule has 2 heterocycles. The van der Waals surface area contributed by atoms with E-state index in [0.717, 1.165) is 0 Å². The third-order valence-corrected chi connectivity index (χ3v) is 1.97. The molecule has 2 aromatic heterocycles. The predicted molar refractivity (Wildman–Crippen MR) is 56.8 cm³/mol. The second-order valence-electron chi connectivity index (χ2n) is 3.16. The molecule has 6 heteroatoms. The van der Waals surface area contributed by atoms with Gasteiger partial charge in [-0.05, 0) is 12.1 Å². The van der Waals surface area contributed by atoms with Crippen molar-refractivity contribution in [3.05, 3.63) is 36.3 Å². The fourth-order valence-corrected chi connectivity index (χ4v) is 1.15. The molecular weight excluding hydrogens is 208 g/mol. The highest BCUT2D eigenvalue weighted by Gasteiger charge is 2.13. The van der Waals surface area contributed by atoms with Crippen LogP contribution in [0.1, 0.15) is 10.5 Å². The quantitative estimate of drug-likeness (QED) is 0.747. The lowest BCUT2D eigenvalue weighted by molar-refractivity contribution is 0.0727. The number of nitrogens with zero attached hydrogens (tertiary/aromatic N) is 3. The number of carbonyl (C=O) groups excluding carboxylic acids is 1. The van der Waals surface area contributed by atoms with Crippen molar-refractivity contribution in [2.45, 2.75) is 0 Å². The molecule has 16 heavy (non-hydrogen) atoms. The van der Waals surface area contributed by atoms with Gasteiger partial charge in [-0.3, -0.25) is 9.67 Å². The van der Waals surface area contributed by atoms with Crippen LogP contribution in [0.2, 0.25) is 0 Å². The predicted octanol–water partition coefficient (Wildman–Crippen LogP) is 0.617. The van der Waals surface area contributed by atoms with Gasteiger partial charge in [0.05, 0.1) is 6.20 Å². The average molecular weight is 218 g/mol. The summed E-state index contributed by atoms with van der Waals surface area (Å²) in [5, 5.41) is 3.90. The van der Waals surface area contributed by atoms with E-state index in [0.29, 0.717) is 11.6 Å². The molecule has 2 aromatic rings. The smallest absolute Gasteiger partial charge is 0.364 e. The van der Waals surface area contributed by atoms with E-state index in [1.165, 1.54) is 16.9 Å². The first-order valence-corrected chi connectivity index (χ1v) is 4.58. The summed E-state index contributed by atoms with van der Waals surface area (Å²) < 4.78 is 6.44. The second-order valence-corrected chi connectivity index (χ2v) is 3.16. The molecule has 0 aliphatic rings. The van der Waals surface area contributed by atoms with E-state index in [1.807, 2.05) is 0 Å². The number of nitrogens with two attached hydrogens (primary N) is 1. The highest BCUT2D eigenvalue weighted by molar-refractivity contribution is 5.89. The lowest BCUT2D eigenvalue weighted by atomic mass is 10.4. The van der Waals surface area contributed by atoms with Crippen LogP contribution in [-0.4, -0.2) is 20.7 Å². The van der Waals surface area contributed by atoms with Gasteiger partial charge in [-0.15, -0.1) is 0 Å². The van der Waals surface area contributed by atoms with Crippen molar-refractivity contribution in [2.75, 3.05) is 5.73 Å². The largest absolute Gasteiger partial charge is 0.420 e. The zero-order valence-electron chi connectivity index (χ0n) is 8.62. The van der Waals surface area contributed by atoms with Crippen LogP contribution < -0.4 is 10.5 Å². The third kappa shape index (κ3) is 2.00. The van der Waals surface area contributed by atoms with Crippen molar-refractivity contribution < 1.29 is 9.53 Å². The molecule has 0 radical (unpaired) electrons.